The molecule has 0 aromatic heterocycles. The molecule has 0 N–H and O–H groups in total. The number of hydrogen-bond donors (Lipinski definition) is 0. The Balaban J connectivity index is 2.42. The van der Waals surface area contributed by atoms with Crippen LogP contribution in [0, 0.1) is 18.3 Å². The second kappa shape index (κ2) is 6.49. The zero-order valence-electron chi connectivity index (χ0n) is 12.5. The molecule has 0 saturated heterocycles. The van der Waals surface area contributed by atoms with Crippen molar-refractivity contribution < 1.29 is 21.6 Å². The van der Waals surface area contributed by atoms with Crippen LogP contribution in [0.5, 0.6) is 0 Å². The molecule has 3 nitrogen and oxygen atoms in total. The first kappa shape index (κ1) is 17.8. The van der Waals surface area contributed by atoms with E-state index in [1.165, 1.54) is 12.1 Å². The molecule has 0 radical (unpaired) electrons. The van der Waals surface area contributed by atoms with Gasteiger partial charge < -0.3 is 0 Å². The van der Waals surface area contributed by atoms with E-state index in [1.54, 1.807) is 25.1 Å². The van der Waals surface area contributed by atoms with Gasteiger partial charge in [0.2, 0.25) is 9.84 Å². The van der Waals surface area contributed by atoms with E-state index in [2.05, 4.69) is 0 Å². The molecule has 0 amide bonds. The summed E-state index contributed by atoms with van der Waals surface area (Å²) in [5, 5.41) is 9.15. The van der Waals surface area contributed by atoms with Gasteiger partial charge in [-0.15, -0.1) is 0 Å². The predicted molar refractivity (Wildman–Crippen MR) is 83.4 cm³/mol. The molecule has 0 unspecified atom stereocenters. The molecule has 7 heteroatoms. The number of aryl methyl sites for hydroxylation is 1. The van der Waals surface area contributed by atoms with Gasteiger partial charge in [-0.3, -0.25) is 0 Å². The minimum atomic E-state index is -4.48. The van der Waals surface area contributed by atoms with Gasteiger partial charge in [0.15, 0.2) is 0 Å². The van der Waals surface area contributed by atoms with Crippen LogP contribution in [-0.4, -0.2) is 8.42 Å². The number of halogens is 3. The van der Waals surface area contributed by atoms with Crippen molar-refractivity contribution in [2.24, 2.45) is 0 Å². The minimum absolute atomic E-state index is 0.0483. The smallest absolute Gasteiger partial charge is 0.218 e. The van der Waals surface area contributed by atoms with Crippen LogP contribution in [0.2, 0.25) is 0 Å². The van der Waals surface area contributed by atoms with E-state index in [0.717, 1.165) is 35.9 Å². The van der Waals surface area contributed by atoms with E-state index in [4.69, 9.17) is 5.26 Å². The molecule has 0 saturated carbocycles. The first-order chi connectivity index (χ1) is 11.1. The topological polar surface area (TPSA) is 57.9 Å². The summed E-state index contributed by atoms with van der Waals surface area (Å²) in [4.78, 5) is -0.584. The summed E-state index contributed by atoms with van der Waals surface area (Å²) in [7, 11) is -4.03. The quantitative estimate of drug-likeness (QED) is 0.773. The van der Waals surface area contributed by atoms with E-state index in [-0.39, 0.29) is 10.5 Å². The van der Waals surface area contributed by atoms with Crippen molar-refractivity contribution in [3.8, 4) is 6.07 Å². The van der Waals surface area contributed by atoms with Crippen LogP contribution >= 0.6 is 0 Å². The van der Waals surface area contributed by atoms with Crippen molar-refractivity contribution in [1.82, 2.24) is 0 Å². The minimum Gasteiger partial charge on any atom is -0.218 e. The predicted octanol–water partition coefficient (Wildman–Crippen LogP) is 4.35. The van der Waals surface area contributed by atoms with Crippen molar-refractivity contribution in [2.75, 3.05) is 0 Å². The van der Waals surface area contributed by atoms with E-state index >= 15 is 0 Å². The number of sulfone groups is 1. The largest absolute Gasteiger partial charge is 0.416 e. The number of nitrogens with zero attached hydrogens (tertiary/aromatic N) is 1. The van der Waals surface area contributed by atoms with Gasteiger partial charge in [-0.1, -0.05) is 29.8 Å². The summed E-state index contributed by atoms with van der Waals surface area (Å²) >= 11 is 0. The van der Waals surface area contributed by atoms with Crippen LogP contribution in [0.3, 0.4) is 0 Å². The molecule has 2 aromatic carbocycles. The number of rotatable bonds is 3. The molecular formula is C17H12F3NO2S. The van der Waals surface area contributed by atoms with Crippen LogP contribution < -0.4 is 0 Å². The summed E-state index contributed by atoms with van der Waals surface area (Å²) in [6, 6.07) is 11.4. The van der Waals surface area contributed by atoms with Gasteiger partial charge in [-0.25, -0.2) is 8.42 Å². The Kier molecular flexibility index (Phi) is 4.81. The summed E-state index contributed by atoms with van der Waals surface area (Å²) in [6.07, 6.45) is -3.43. The third-order valence-electron chi connectivity index (χ3n) is 3.27. The summed E-state index contributed by atoms with van der Waals surface area (Å²) in [6.45, 7) is 1.79. The zero-order valence-corrected chi connectivity index (χ0v) is 13.3. The maximum absolute atomic E-state index is 12.5. The van der Waals surface area contributed by atoms with Crippen LogP contribution in [0.1, 0.15) is 16.7 Å². The highest BCUT2D eigenvalue weighted by Crippen LogP contribution is 2.29. The molecular weight excluding hydrogens is 339 g/mol. The van der Waals surface area contributed by atoms with E-state index in [0.29, 0.717) is 0 Å². The fraction of sp³-hybridized carbons (Fsp3) is 0.118. The third-order valence-corrected chi connectivity index (χ3v) is 4.95. The molecule has 0 aliphatic carbocycles. The lowest BCUT2D eigenvalue weighted by Crippen LogP contribution is -2.05. The van der Waals surface area contributed by atoms with Gasteiger partial charge in [0.05, 0.1) is 10.5 Å². The Morgan fingerprint density at radius 3 is 2.04 bits per heavy atom. The Bertz CT molecular complexity index is 904. The van der Waals surface area contributed by atoms with Crippen molar-refractivity contribution in [2.45, 2.75) is 18.0 Å². The fourth-order valence-corrected chi connectivity index (χ4v) is 3.09. The van der Waals surface area contributed by atoms with Crippen LogP contribution in [-0.2, 0) is 16.0 Å². The Morgan fingerprint density at radius 1 is 1.04 bits per heavy atom. The summed E-state index contributed by atoms with van der Waals surface area (Å²) in [5.41, 5.74) is 0.203. The lowest BCUT2D eigenvalue weighted by Gasteiger charge is -2.07. The van der Waals surface area contributed by atoms with Crippen LogP contribution in [0.4, 0.5) is 13.2 Å². The first-order valence-corrected chi connectivity index (χ1v) is 8.24. The SMILES string of the molecule is Cc1ccc(S(=O)(=O)C(C#N)=Cc2ccc(C(F)(F)F)cc2)cc1. The molecule has 0 aliphatic heterocycles. The molecule has 0 atom stereocenters. The second-order valence-electron chi connectivity index (χ2n) is 5.06. The number of benzene rings is 2. The molecule has 0 spiro atoms. The standard InChI is InChI=1S/C17H12F3NO2S/c1-12-2-8-15(9-3-12)24(22,23)16(11-21)10-13-4-6-14(7-5-13)17(18,19)20/h2-10H,1H3. The van der Waals surface area contributed by atoms with Crippen molar-refractivity contribution >= 4 is 15.9 Å². The maximum Gasteiger partial charge on any atom is 0.416 e. The molecule has 24 heavy (non-hydrogen) atoms. The molecule has 0 bridgehead atoms. The highest BCUT2D eigenvalue weighted by atomic mass is 32.2. The van der Waals surface area contributed by atoms with Gasteiger partial charge >= 0.3 is 6.18 Å². The Hall–Kier alpha value is -2.59. The van der Waals surface area contributed by atoms with Gasteiger partial charge in [-0.05, 0) is 42.8 Å². The lowest BCUT2D eigenvalue weighted by molar-refractivity contribution is -0.137. The Morgan fingerprint density at radius 2 is 1.58 bits per heavy atom. The lowest BCUT2D eigenvalue weighted by atomic mass is 10.1. The molecule has 0 heterocycles. The van der Waals surface area contributed by atoms with Crippen molar-refractivity contribution in [3.63, 3.8) is 0 Å². The van der Waals surface area contributed by atoms with E-state index in [1.807, 2.05) is 0 Å². The molecule has 124 valence electrons. The molecule has 2 rings (SSSR count). The van der Waals surface area contributed by atoms with Gasteiger partial charge in [0.25, 0.3) is 0 Å². The Labute approximate surface area is 137 Å². The van der Waals surface area contributed by atoms with Gasteiger partial charge in [0.1, 0.15) is 11.0 Å². The number of nitriles is 1. The summed E-state index contributed by atoms with van der Waals surface area (Å²) in [5.74, 6) is 0. The number of allylic oxidation sites excluding steroid dienone is 1. The summed E-state index contributed by atoms with van der Waals surface area (Å²) < 4.78 is 62.5. The monoisotopic (exact) mass is 351 g/mol. The number of hydrogen-bond acceptors (Lipinski definition) is 3. The van der Waals surface area contributed by atoms with Gasteiger partial charge in [-0.2, -0.15) is 18.4 Å². The van der Waals surface area contributed by atoms with Crippen molar-refractivity contribution in [3.05, 3.63) is 70.1 Å². The average molecular weight is 351 g/mol. The van der Waals surface area contributed by atoms with E-state index in [9.17, 15) is 21.6 Å². The molecule has 0 aliphatic rings. The van der Waals surface area contributed by atoms with Crippen molar-refractivity contribution in [1.29, 1.82) is 5.26 Å². The highest BCUT2D eigenvalue weighted by Gasteiger charge is 2.30. The number of alkyl halides is 3. The van der Waals surface area contributed by atoms with Gasteiger partial charge in [0, 0.05) is 0 Å². The van der Waals surface area contributed by atoms with E-state index < -0.39 is 26.5 Å². The highest BCUT2D eigenvalue weighted by molar-refractivity contribution is 7.95. The maximum atomic E-state index is 12.5. The molecule has 2 aromatic rings. The average Bonchev–Trinajstić information content (AvgIpc) is 2.52. The second-order valence-corrected chi connectivity index (χ2v) is 6.97. The molecule has 0 fully saturated rings. The van der Waals surface area contributed by atoms with Crippen LogP contribution in [0.15, 0.2) is 58.3 Å². The normalized spacial score (nSPS) is 12.7. The fourth-order valence-electron chi connectivity index (χ4n) is 1.93. The third kappa shape index (κ3) is 3.84. The first-order valence-electron chi connectivity index (χ1n) is 6.75. The van der Waals surface area contributed by atoms with Crippen LogP contribution in [0.25, 0.3) is 6.08 Å². The zero-order chi connectivity index (χ0) is 18.0.